The highest BCUT2D eigenvalue weighted by Gasteiger charge is 2.36. The number of hydrogen-bond acceptors (Lipinski definition) is 6. The maximum Gasteiger partial charge on any atom is 0.416 e. The van der Waals surface area contributed by atoms with Crippen molar-refractivity contribution >= 4 is 12.0 Å². The quantitative estimate of drug-likeness (QED) is 0.753. The van der Waals surface area contributed by atoms with Crippen LogP contribution < -0.4 is 10.1 Å². The van der Waals surface area contributed by atoms with Crippen molar-refractivity contribution in [3.63, 3.8) is 0 Å². The Labute approximate surface area is 164 Å². The average Bonchev–Trinajstić information content (AvgIpc) is 3.10. The van der Waals surface area contributed by atoms with Crippen molar-refractivity contribution in [3.05, 3.63) is 47.8 Å². The van der Waals surface area contributed by atoms with Crippen molar-refractivity contribution in [1.29, 1.82) is 0 Å². The molecule has 1 aliphatic rings. The third-order valence-corrected chi connectivity index (χ3v) is 4.46. The molecular formula is C18H19F3N4O4. The van der Waals surface area contributed by atoms with E-state index in [9.17, 15) is 23.1 Å². The first kappa shape index (κ1) is 20.6. The van der Waals surface area contributed by atoms with E-state index in [1.54, 1.807) is 0 Å². The molecule has 2 aromatic rings. The highest BCUT2D eigenvalue weighted by molar-refractivity contribution is 5.65. The Bertz CT molecular complexity index is 830. The summed E-state index contributed by atoms with van der Waals surface area (Å²) < 4.78 is 48.8. The van der Waals surface area contributed by atoms with Crippen LogP contribution in [0.15, 0.2) is 36.7 Å². The number of ether oxygens (including phenoxy) is 2. The Balaban J connectivity index is 1.65. The van der Waals surface area contributed by atoms with Crippen LogP contribution >= 0.6 is 0 Å². The molecule has 0 bridgehead atoms. The van der Waals surface area contributed by atoms with Crippen LogP contribution in [-0.4, -0.2) is 58.4 Å². The highest BCUT2D eigenvalue weighted by atomic mass is 19.4. The van der Waals surface area contributed by atoms with Gasteiger partial charge in [0.05, 0.1) is 50.4 Å². The summed E-state index contributed by atoms with van der Waals surface area (Å²) in [6.45, 7) is 0.310. The monoisotopic (exact) mass is 412 g/mol. The molecule has 1 aliphatic heterocycles. The van der Waals surface area contributed by atoms with Gasteiger partial charge in [-0.3, -0.25) is 0 Å². The zero-order chi connectivity index (χ0) is 21.0. The minimum absolute atomic E-state index is 0.0396. The Kier molecular flexibility index (Phi) is 6.06. The lowest BCUT2D eigenvalue weighted by atomic mass is 10.1. The number of aromatic nitrogens is 2. The van der Waals surface area contributed by atoms with E-state index < -0.39 is 30.0 Å². The van der Waals surface area contributed by atoms with Gasteiger partial charge in [-0.25, -0.2) is 14.8 Å². The van der Waals surface area contributed by atoms with E-state index in [4.69, 9.17) is 9.47 Å². The molecule has 2 atom stereocenters. The van der Waals surface area contributed by atoms with Crippen molar-refractivity contribution in [3.8, 4) is 5.75 Å². The van der Waals surface area contributed by atoms with Gasteiger partial charge in [0.2, 0.25) is 5.95 Å². The van der Waals surface area contributed by atoms with Crippen molar-refractivity contribution in [1.82, 2.24) is 14.9 Å². The fourth-order valence-electron chi connectivity index (χ4n) is 2.89. The number of carboxylic acid groups (broad SMARTS) is 1. The Morgan fingerprint density at radius 1 is 1.24 bits per heavy atom. The standard InChI is InChI=1S/C18H19F3N4O4/c1-28-13-6-22-16(23-7-13)24-14-8-25(17(26)27)9-15(14)29-10-11-2-4-12(5-3-11)18(19,20)21/h2-7,14-15H,8-10H2,1H3,(H,26,27)(H,22,23,24)/t14-,15-/m1/s1. The molecule has 0 saturated carbocycles. The average molecular weight is 412 g/mol. The van der Waals surface area contributed by atoms with E-state index in [-0.39, 0.29) is 25.6 Å². The molecule has 0 radical (unpaired) electrons. The van der Waals surface area contributed by atoms with E-state index in [1.807, 2.05) is 0 Å². The van der Waals surface area contributed by atoms with Gasteiger partial charge in [-0.1, -0.05) is 12.1 Å². The second-order valence-electron chi connectivity index (χ2n) is 6.43. The van der Waals surface area contributed by atoms with Crippen molar-refractivity contribution in [2.45, 2.75) is 24.9 Å². The van der Waals surface area contributed by atoms with Gasteiger partial charge < -0.3 is 24.8 Å². The fourth-order valence-corrected chi connectivity index (χ4v) is 2.89. The van der Waals surface area contributed by atoms with Crippen LogP contribution in [0.3, 0.4) is 0 Å². The summed E-state index contributed by atoms with van der Waals surface area (Å²) in [7, 11) is 1.48. The van der Waals surface area contributed by atoms with Gasteiger partial charge in [-0.2, -0.15) is 13.2 Å². The number of benzene rings is 1. The second kappa shape index (κ2) is 8.52. The number of rotatable bonds is 6. The van der Waals surface area contributed by atoms with Crippen molar-refractivity contribution < 1.29 is 32.5 Å². The van der Waals surface area contributed by atoms with Gasteiger partial charge >= 0.3 is 12.3 Å². The number of anilines is 1. The molecule has 1 fully saturated rings. The van der Waals surface area contributed by atoms with E-state index in [2.05, 4.69) is 15.3 Å². The minimum atomic E-state index is -4.40. The molecule has 2 N–H and O–H groups in total. The third-order valence-electron chi connectivity index (χ3n) is 4.46. The Morgan fingerprint density at radius 3 is 2.45 bits per heavy atom. The number of nitrogens with zero attached hydrogens (tertiary/aromatic N) is 3. The van der Waals surface area contributed by atoms with Crippen molar-refractivity contribution in [2.75, 3.05) is 25.5 Å². The summed E-state index contributed by atoms with van der Waals surface area (Å²) in [5.41, 5.74) is -0.193. The highest BCUT2D eigenvalue weighted by Crippen LogP contribution is 2.29. The first-order valence-electron chi connectivity index (χ1n) is 8.64. The Hall–Kier alpha value is -3.08. The van der Waals surface area contributed by atoms with Gasteiger partial charge in [0.15, 0.2) is 5.75 Å². The molecule has 29 heavy (non-hydrogen) atoms. The maximum absolute atomic E-state index is 12.7. The number of methoxy groups -OCH3 is 1. The maximum atomic E-state index is 12.7. The van der Waals surface area contributed by atoms with E-state index in [0.717, 1.165) is 12.1 Å². The summed E-state index contributed by atoms with van der Waals surface area (Å²) in [6.07, 6.45) is -3.08. The molecule has 1 aromatic carbocycles. The number of alkyl halides is 3. The van der Waals surface area contributed by atoms with Crippen LogP contribution in [0.1, 0.15) is 11.1 Å². The van der Waals surface area contributed by atoms with Gasteiger partial charge in [0.25, 0.3) is 0 Å². The molecular weight excluding hydrogens is 393 g/mol. The van der Waals surface area contributed by atoms with Crippen LogP contribution in [0.2, 0.25) is 0 Å². The van der Waals surface area contributed by atoms with E-state index >= 15 is 0 Å². The molecule has 2 heterocycles. The smallest absolute Gasteiger partial charge is 0.416 e. The molecule has 1 amide bonds. The van der Waals surface area contributed by atoms with Crippen LogP contribution in [0.4, 0.5) is 23.9 Å². The number of hydrogen-bond donors (Lipinski definition) is 2. The molecule has 0 aliphatic carbocycles. The van der Waals surface area contributed by atoms with Crippen LogP contribution in [0.25, 0.3) is 0 Å². The molecule has 0 spiro atoms. The predicted molar refractivity (Wildman–Crippen MR) is 95.6 cm³/mol. The first-order chi connectivity index (χ1) is 13.8. The molecule has 156 valence electrons. The lowest BCUT2D eigenvalue weighted by Crippen LogP contribution is -2.35. The zero-order valence-corrected chi connectivity index (χ0v) is 15.4. The molecule has 3 rings (SSSR count). The lowest BCUT2D eigenvalue weighted by molar-refractivity contribution is -0.137. The van der Waals surface area contributed by atoms with Gasteiger partial charge in [0, 0.05) is 6.54 Å². The third kappa shape index (κ3) is 5.25. The van der Waals surface area contributed by atoms with Gasteiger partial charge in [0.1, 0.15) is 0 Å². The van der Waals surface area contributed by atoms with Crippen LogP contribution in [0, 0.1) is 0 Å². The second-order valence-corrected chi connectivity index (χ2v) is 6.43. The number of carbonyl (C=O) groups is 1. The summed E-state index contributed by atoms with van der Waals surface area (Å²) in [4.78, 5) is 20.7. The zero-order valence-electron chi connectivity index (χ0n) is 15.4. The largest absolute Gasteiger partial charge is 0.494 e. The van der Waals surface area contributed by atoms with E-state index in [0.29, 0.717) is 11.3 Å². The summed E-state index contributed by atoms with van der Waals surface area (Å²) in [6, 6.07) is 4.22. The minimum Gasteiger partial charge on any atom is -0.494 e. The molecule has 0 unspecified atom stereocenters. The topological polar surface area (TPSA) is 96.8 Å². The molecule has 11 heteroatoms. The van der Waals surface area contributed by atoms with E-state index in [1.165, 1.54) is 36.5 Å². The number of amides is 1. The van der Waals surface area contributed by atoms with Gasteiger partial charge in [-0.05, 0) is 17.7 Å². The van der Waals surface area contributed by atoms with Gasteiger partial charge in [-0.15, -0.1) is 0 Å². The number of likely N-dealkylation sites (tertiary alicyclic amines) is 1. The number of nitrogens with one attached hydrogen (secondary N) is 1. The Morgan fingerprint density at radius 2 is 1.90 bits per heavy atom. The SMILES string of the molecule is COc1cnc(N[C@@H]2CN(C(=O)O)C[C@H]2OCc2ccc(C(F)(F)F)cc2)nc1. The first-order valence-corrected chi connectivity index (χ1v) is 8.64. The normalized spacial score (nSPS) is 19.2. The molecule has 1 aromatic heterocycles. The summed E-state index contributed by atoms with van der Waals surface area (Å²) in [5, 5.41) is 12.3. The van der Waals surface area contributed by atoms with Crippen molar-refractivity contribution in [2.24, 2.45) is 0 Å². The fraction of sp³-hybridized carbons (Fsp3) is 0.389. The van der Waals surface area contributed by atoms with Crippen LogP contribution in [-0.2, 0) is 17.5 Å². The van der Waals surface area contributed by atoms with Crippen LogP contribution in [0.5, 0.6) is 5.75 Å². The summed E-state index contributed by atoms with van der Waals surface area (Å²) >= 11 is 0. The molecule has 1 saturated heterocycles. The predicted octanol–water partition coefficient (Wildman–Crippen LogP) is 2.86. The summed E-state index contributed by atoms with van der Waals surface area (Å²) in [5.74, 6) is 0.760. The lowest BCUT2D eigenvalue weighted by Gasteiger charge is -2.20. The number of halogens is 3. The molecule has 8 nitrogen and oxygen atoms in total.